The first-order valence-electron chi connectivity index (χ1n) is 5.95. The summed E-state index contributed by atoms with van der Waals surface area (Å²) in [5, 5.41) is 0. The van der Waals surface area contributed by atoms with Crippen molar-refractivity contribution in [3.8, 4) is 5.75 Å². The summed E-state index contributed by atoms with van der Waals surface area (Å²) < 4.78 is 19.5. The van der Waals surface area contributed by atoms with E-state index in [1.54, 1.807) is 13.2 Å². The first-order chi connectivity index (χ1) is 7.82. The number of hydrogen-bond acceptors (Lipinski definition) is 2. The number of methoxy groups -OCH3 is 1. The fraction of sp³-hybridized carbons (Fsp3) is 0.571. The van der Waals surface area contributed by atoms with Gasteiger partial charge in [-0.1, -0.05) is 13.8 Å². The Balaban J connectivity index is 2.58. The maximum atomic E-state index is 14.2. The largest absolute Gasteiger partial charge is 0.496 e. The van der Waals surface area contributed by atoms with Crippen LogP contribution in [0.25, 0.3) is 0 Å². The molecule has 1 aromatic rings. The summed E-state index contributed by atoms with van der Waals surface area (Å²) in [5.74, 6) is 0.382. The van der Waals surface area contributed by atoms with E-state index in [4.69, 9.17) is 10.5 Å². The number of benzene rings is 1. The smallest absolute Gasteiger partial charge is 0.130 e. The molecular weight excluding hydrogens is 217 g/mol. The molecule has 0 aliphatic heterocycles. The van der Waals surface area contributed by atoms with Gasteiger partial charge in [-0.3, -0.25) is 0 Å². The summed E-state index contributed by atoms with van der Waals surface area (Å²) in [7, 11) is 1.57. The average Bonchev–Trinajstić information content (AvgIpc) is 2.96. The molecule has 1 aliphatic carbocycles. The molecule has 0 spiro atoms. The molecule has 2 N–H and O–H groups in total. The summed E-state index contributed by atoms with van der Waals surface area (Å²) in [5.41, 5.74) is 7.03. The van der Waals surface area contributed by atoms with Crippen LogP contribution < -0.4 is 10.5 Å². The van der Waals surface area contributed by atoms with E-state index in [9.17, 15) is 4.39 Å². The number of halogens is 1. The van der Waals surface area contributed by atoms with Crippen molar-refractivity contribution in [2.75, 3.05) is 7.11 Å². The van der Waals surface area contributed by atoms with Crippen LogP contribution in [0.3, 0.4) is 0 Å². The first-order valence-corrected chi connectivity index (χ1v) is 5.95. The molecule has 3 heteroatoms. The number of ether oxygens (including phenoxy) is 1. The molecule has 0 radical (unpaired) electrons. The third-order valence-electron chi connectivity index (χ3n) is 4.08. The quantitative estimate of drug-likeness (QED) is 0.877. The highest BCUT2D eigenvalue weighted by atomic mass is 19.1. The summed E-state index contributed by atoms with van der Waals surface area (Å²) in [6.45, 7) is 5.85. The molecule has 0 bridgehead atoms. The third kappa shape index (κ3) is 1.82. The highest BCUT2D eigenvalue weighted by Crippen LogP contribution is 2.51. The minimum Gasteiger partial charge on any atom is -0.496 e. The van der Waals surface area contributed by atoms with Gasteiger partial charge >= 0.3 is 0 Å². The maximum absolute atomic E-state index is 14.2. The molecule has 1 fully saturated rings. The molecule has 0 saturated heterocycles. The Morgan fingerprint density at radius 1 is 1.35 bits per heavy atom. The lowest BCUT2D eigenvalue weighted by Crippen LogP contribution is -2.44. The normalized spacial score (nSPS) is 18.0. The average molecular weight is 237 g/mol. The third-order valence-corrected chi connectivity index (χ3v) is 4.08. The molecule has 2 nitrogen and oxygen atoms in total. The van der Waals surface area contributed by atoms with Gasteiger partial charge in [-0.15, -0.1) is 0 Å². The van der Waals surface area contributed by atoms with Gasteiger partial charge in [-0.25, -0.2) is 4.39 Å². The van der Waals surface area contributed by atoms with Crippen molar-refractivity contribution in [3.05, 3.63) is 29.1 Å². The van der Waals surface area contributed by atoms with Gasteiger partial charge in [0.15, 0.2) is 0 Å². The second-order valence-corrected chi connectivity index (χ2v) is 5.61. The van der Waals surface area contributed by atoms with E-state index in [0.717, 1.165) is 18.4 Å². The Hall–Kier alpha value is -1.09. The van der Waals surface area contributed by atoms with Crippen molar-refractivity contribution in [3.63, 3.8) is 0 Å². The number of rotatable bonds is 3. The Labute approximate surface area is 102 Å². The Morgan fingerprint density at radius 3 is 2.41 bits per heavy atom. The van der Waals surface area contributed by atoms with Crippen LogP contribution in [0, 0.1) is 12.7 Å². The molecule has 94 valence electrons. The van der Waals surface area contributed by atoms with Gasteiger partial charge in [-0.05, 0) is 37.5 Å². The molecule has 1 aromatic carbocycles. The fourth-order valence-electron chi connectivity index (χ4n) is 2.49. The van der Waals surface area contributed by atoms with Gasteiger partial charge in [0.2, 0.25) is 0 Å². The zero-order chi connectivity index (χ0) is 12.8. The molecule has 1 aliphatic rings. The van der Waals surface area contributed by atoms with Crippen LogP contribution in [0.1, 0.15) is 37.8 Å². The van der Waals surface area contributed by atoms with Crippen LogP contribution in [-0.2, 0) is 5.41 Å². The highest BCUT2D eigenvalue weighted by molar-refractivity contribution is 5.46. The van der Waals surface area contributed by atoms with Crippen LogP contribution in [0.5, 0.6) is 5.75 Å². The van der Waals surface area contributed by atoms with E-state index in [-0.39, 0.29) is 11.4 Å². The van der Waals surface area contributed by atoms with Gasteiger partial charge in [-0.2, -0.15) is 0 Å². The molecule has 17 heavy (non-hydrogen) atoms. The summed E-state index contributed by atoms with van der Waals surface area (Å²) in [4.78, 5) is 0. The number of hydrogen-bond donors (Lipinski definition) is 1. The molecule has 0 atom stereocenters. The van der Waals surface area contributed by atoms with Crippen LogP contribution in [0.2, 0.25) is 0 Å². The van der Waals surface area contributed by atoms with Crippen molar-refractivity contribution in [2.45, 2.75) is 44.6 Å². The maximum Gasteiger partial charge on any atom is 0.130 e. The minimum atomic E-state index is -0.407. The van der Waals surface area contributed by atoms with E-state index >= 15 is 0 Å². The monoisotopic (exact) mass is 237 g/mol. The summed E-state index contributed by atoms with van der Waals surface area (Å²) in [6.07, 6.45) is 1.88. The van der Waals surface area contributed by atoms with Crippen molar-refractivity contribution >= 4 is 0 Å². The molecular formula is C14H20FNO. The standard InChI is InChI=1S/C14H20FNO/c1-9-7-10(15)12(11(8-9)17-4)13(2,3)14(16)5-6-14/h7-8H,5-6,16H2,1-4H3. The molecule has 0 aromatic heterocycles. The highest BCUT2D eigenvalue weighted by Gasteiger charge is 2.53. The van der Waals surface area contributed by atoms with Gasteiger partial charge in [0, 0.05) is 16.5 Å². The lowest BCUT2D eigenvalue weighted by Gasteiger charge is -2.34. The van der Waals surface area contributed by atoms with E-state index < -0.39 is 5.41 Å². The summed E-state index contributed by atoms with van der Waals surface area (Å²) in [6, 6.07) is 3.41. The van der Waals surface area contributed by atoms with Crippen LogP contribution >= 0.6 is 0 Å². The zero-order valence-electron chi connectivity index (χ0n) is 10.9. The van der Waals surface area contributed by atoms with Crippen LogP contribution in [0.15, 0.2) is 12.1 Å². The fourth-order valence-corrected chi connectivity index (χ4v) is 2.49. The second-order valence-electron chi connectivity index (χ2n) is 5.61. The van der Waals surface area contributed by atoms with E-state index in [0.29, 0.717) is 11.3 Å². The predicted molar refractivity (Wildman–Crippen MR) is 66.9 cm³/mol. The molecule has 0 amide bonds. The molecule has 1 saturated carbocycles. The molecule has 0 heterocycles. The van der Waals surface area contributed by atoms with Crippen molar-refractivity contribution in [2.24, 2.45) is 5.73 Å². The second kappa shape index (κ2) is 3.70. The minimum absolute atomic E-state index is 0.219. The van der Waals surface area contributed by atoms with Gasteiger partial charge in [0.25, 0.3) is 0 Å². The Bertz CT molecular complexity index is 450. The van der Waals surface area contributed by atoms with Gasteiger partial charge in [0.1, 0.15) is 11.6 Å². The topological polar surface area (TPSA) is 35.2 Å². The SMILES string of the molecule is COc1cc(C)cc(F)c1C(C)(C)C1(N)CC1. The zero-order valence-corrected chi connectivity index (χ0v) is 10.9. The number of nitrogens with two attached hydrogens (primary N) is 1. The predicted octanol–water partition coefficient (Wildman–Crippen LogP) is 2.91. The first kappa shape index (κ1) is 12.4. The van der Waals surface area contributed by atoms with Crippen molar-refractivity contribution in [1.29, 1.82) is 0 Å². The van der Waals surface area contributed by atoms with E-state index in [2.05, 4.69) is 0 Å². The van der Waals surface area contributed by atoms with Crippen LogP contribution in [0.4, 0.5) is 4.39 Å². The van der Waals surface area contributed by atoms with E-state index in [1.165, 1.54) is 0 Å². The molecule has 2 rings (SSSR count). The van der Waals surface area contributed by atoms with E-state index in [1.807, 2.05) is 26.8 Å². The van der Waals surface area contributed by atoms with Crippen molar-refractivity contribution in [1.82, 2.24) is 0 Å². The van der Waals surface area contributed by atoms with Gasteiger partial charge in [0.05, 0.1) is 7.11 Å². The molecule has 0 unspecified atom stereocenters. The summed E-state index contributed by atoms with van der Waals surface area (Å²) >= 11 is 0. The van der Waals surface area contributed by atoms with Crippen molar-refractivity contribution < 1.29 is 9.13 Å². The Morgan fingerprint density at radius 2 is 1.94 bits per heavy atom. The number of aryl methyl sites for hydroxylation is 1. The van der Waals surface area contributed by atoms with Crippen LogP contribution in [-0.4, -0.2) is 12.6 Å². The van der Waals surface area contributed by atoms with Gasteiger partial charge < -0.3 is 10.5 Å². The lowest BCUT2D eigenvalue weighted by molar-refractivity contribution is 0.339. The Kier molecular flexibility index (Phi) is 2.69. The lowest BCUT2D eigenvalue weighted by atomic mass is 9.75.